The van der Waals surface area contributed by atoms with E-state index < -0.39 is 5.97 Å². The Morgan fingerprint density at radius 3 is 2.62 bits per heavy atom. The van der Waals surface area contributed by atoms with Crippen molar-refractivity contribution in [1.82, 2.24) is 34.2 Å². The Morgan fingerprint density at radius 2 is 1.88 bits per heavy atom. The van der Waals surface area contributed by atoms with E-state index in [2.05, 4.69) is 15.0 Å². The van der Waals surface area contributed by atoms with Crippen molar-refractivity contribution < 1.29 is 19.0 Å². The van der Waals surface area contributed by atoms with Crippen LogP contribution < -0.4 is 0 Å². The summed E-state index contributed by atoms with van der Waals surface area (Å²) in [6.45, 7) is 3.67. The molecule has 2 saturated heterocycles. The first-order chi connectivity index (χ1) is 20.4. The number of aromatic nitrogens is 6. The number of carbonyl (C=O) groups is 1. The minimum atomic E-state index is -1.06. The molecule has 0 radical (unpaired) electrons. The van der Waals surface area contributed by atoms with Gasteiger partial charge in [0.15, 0.2) is 17.0 Å². The number of pyridine rings is 2. The Labute approximate surface area is 245 Å². The number of ether oxygens (including phenoxy) is 1. The third-order valence-corrected chi connectivity index (χ3v) is 8.46. The van der Waals surface area contributed by atoms with Crippen LogP contribution in [0.1, 0.15) is 52.9 Å². The lowest BCUT2D eigenvalue weighted by atomic mass is 10.0. The van der Waals surface area contributed by atoms with Crippen LogP contribution in [0.5, 0.6) is 0 Å². The van der Waals surface area contributed by atoms with E-state index in [-0.39, 0.29) is 23.7 Å². The van der Waals surface area contributed by atoms with Crippen LogP contribution in [0, 0.1) is 5.82 Å². The molecule has 5 aromatic rings. The van der Waals surface area contributed by atoms with Gasteiger partial charge in [-0.3, -0.25) is 4.90 Å². The summed E-state index contributed by atoms with van der Waals surface area (Å²) < 4.78 is 24.1. The molecule has 1 atom stereocenters. The second kappa shape index (κ2) is 11.0. The van der Waals surface area contributed by atoms with Gasteiger partial charge in [0.25, 0.3) is 0 Å². The molecule has 0 amide bonds. The highest BCUT2D eigenvalue weighted by molar-refractivity contribution is 6.30. The molecule has 0 aliphatic carbocycles. The van der Waals surface area contributed by atoms with Crippen molar-refractivity contribution in [3.63, 3.8) is 0 Å². The number of piperidine rings is 1. The quantitative estimate of drug-likeness (QED) is 0.272. The second-order valence-corrected chi connectivity index (χ2v) is 11.4. The minimum absolute atomic E-state index is 0.00654. The number of aromatic carboxylic acids is 1. The monoisotopic (exact) mass is 589 g/mol. The molecule has 1 N–H and O–H groups in total. The van der Waals surface area contributed by atoms with Gasteiger partial charge in [-0.15, -0.1) is 0 Å². The Hall–Kier alpha value is -3.93. The van der Waals surface area contributed by atoms with Crippen LogP contribution in [-0.4, -0.2) is 71.1 Å². The standard InChI is InChI=1S/C30H29ClFN7O3/c31-20-3-1-18(24(32)14-20)13-21-4-2-19-15-33-39(28(19)34-21)22-7-10-37(11-8-22)17-27-35-25-5-6-26(30(40)41)36-29(25)38(27)16-23-9-12-42-23/h1-6,14-15,22-23H,7-13,16-17H2,(H,40,41). The number of benzene rings is 1. The van der Waals surface area contributed by atoms with Gasteiger partial charge in [-0.05, 0) is 61.2 Å². The summed E-state index contributed by atoms with van der Waals surface area (Å²) >= 11 is 5.91. The van der Waals surface area contributed by atoms with Crippen LogP contribution in [0.4, 0.5) is 4.39 Å². The first-order valence-electron chi connectivity index (χ1n) is 14.1. The molecule has 7 rings (SSSR count). The smallest absolute Gasteiger partial charge is 0.354 e. The Bertz CT molecular complexity index is 1790. The Balaban J connectivity index is 1.07. The molecule has 6 heterocycles. The van der Waals surface area contributed by atoms with Gasteiger partial charge >= 0.3 is 5.97 Å². The van der Waals surface area contributed by atoms with E-state index in [9.17, 15) is 14.3 Å². The molecule has 2 fully saturated rings. The fraction of sp³-hybridized carbons (Fsp3) is 0.367. The summed E-state index contributed by atoms with van der Waals surface area (Å²) in [6.07, 6.45) is 5.04. The number of imidazole rings is 1. The van der Waals surface area contributed by atoms with Crippen molar-refractivity contribution in [3.05, 3.63) is 82.3 Å². The molecular weight excluding hydrogens is 561 g/mol. The number of nitrogens with zero attached hydrogens (tertiary/aromatic N) is 7. The van der Waals surface area contributed by atoms with Crippen molar-refractivity contribution >= 4 is 39.8 Å². The third-order valence-electron chi connectivity index (χ3n) is 8.23. The van der Waals surface area contributed by atoms with Crippen molar-refractivity contribution in [2.24, 2.45) is 0 Å². The number of carboxylic acid groups (broad SMARTS) is 1. The van der Waals surface area contributed by atoms with E-state index in [1.54, 1.807) is 18.2 Å². The van der Waals surface area contributed by atoms with Crippen LogP contribution in [0.25, 0.3) is 22.2 Å². The van der Waals surface area contributed by atoms with Gasteiger partial charge < -0.3 is 14.4 Å². The predicted octanol–water partition coefficient (Wildman–Crippen LogP) is 4.88. The molecule has 4 aromatic heterocycles. The fourth-order valence-corrected chi connectivity index (χ4v) is 5.98. The number of carboxylic acids is 1. The molecule has 0 saturated carbocycles. The maximum absolute atomic E-state index is 14.4. The number of rotatable bonds is 8. The lowest BCUT2D eigenvalue weighted by Crippen LogP contribution is -2.36. The largest absolute Gasteiger partial charge is 0.477 e. The van der Waals surface area contributed by atoms with Crippen molar-refractivity contribution in [1.29, 1.82) is 0 Å². The SMILES string of the molecule is O=C(O)c1ccc2nc(CN3CCC(n4ncc5ccc(Cc6ccc(Cl)cc6F)nc54)CC3)n(CC3CCO3)c2n1. The van der Waals surface area contributed by atoms with Crippen LogP contribution >= 0.6 is 11.6 Å². The van der Waals surface area contributed by atoms with E-state index in [4.69, 9.17) is 26.3 Å². The van der Waals surface area contributed by atoms with Crippen LogP contribution in [0.2, 0.25) is 5.02 Å². The lowest BCUT2D eigenvalue weighted by Gasteiger charge is -2.32. The first-order valence-corrected chi connectivity index (χ1v) is 14.5. The van der Waals surface area contributed by atoms with Gasteiger partial charge in [-0.25, -0.2) is 28.8 Å². The van der Waals surface area contributed by atoms with Crippen LogP contribution in [0.3, 0.4) is 0 Å². The number of fused-ring (bicyclic) bond motifs is 2. The topological polar surface area (TPSA) is 111 Å². The summed E-state index contributed by atoms with van der Waals surface area (Å²) in [5, 5.41) is 15.5. The van der Waals surface area contributed by atoms with E-state index >= 15 is 0 Å². The third kappa shape index (κ3) is 5.23. The van der Waals surface area contributed by atoms with Gasteiger partial charge in [0, 0.05) is 42.2 Å². The van der Waals surface area contributed by atoms with Gasteiger partial charge in [-0.1, -0.05) is 17.7 Å². The van der Waals surface area contributed by atoms with E-state index in [1.807, 2.05) is 27.6 Å². The molecule has 2 aliphatic rings. The van der Waals surface area contributed by atoms with Gasteiger partial charge in [0.2, 0.25) is 0 Å². The van der Waals surface area contributed by atoms with E-state index in [1.165, 1.54) is 12.1 Å². The fourth-order valence-electron chi connectivity index (χ4n) is 5.82. The normalized spacial score (nSPS) is 18.1. The molecule has 1 unspecified atom stereocenters. The molecule has 10 nitrogen and oxygen atoms in total. The molecule has 0 bridgehead atoms. The van der Waals surface area contributed by atoms with Crippen LogP contribution in [-0.2, 0) is 24.2 Å². The van der Waals surface area contributed by atoms with E-state index in [0.717, 1.165) is 61.5 Å². The minimum Gasteiger partial charge on any atom is -0.477 e. The van der Waals surface area contributed by atoms with Gasteiger partial charge in [-0.2, -0.15) is 5.10 Å². The molecule has 12 heteroatoms. The second-order valence-electron chi connectivity index (χ2n) is 11.0. The Kier molecular flexibility index (Phi) is 7.09. The zero-order valence-electron chi connectivity index (χ0n) is 22.8. The summed E-state index contributed by atoms with van der Waals surface area (Å²) in [5.74, 6) is -0.533. The molecule has 0 spiro atoms. The Morgan fingerprint density at radius 1 is 1.05 bits per heavy atom. The predicted molar refractivity (Wildman–Crippen MR) is 154 cm³/mol. The number of halogens is 2. The number of hydrogen-bond acceptors (Lipinski definition) is 7. The summed E-state index contributed by atoms with van der Waals surface area (Å²) in [7, 11) is 0. The lowest BCUT2D eigenvalue weighted by molar-refractivity contribution is -0.0593. The van der Waals surface area contributed by atoms with Crippen molar-refractivity contribution in [2.45, 2.75) is 50.9 Å². The zero-order chi connectivity index (χ0) is 28.8. The van der Waals surface area contributed by atoms with Gasteiger partial charge in [0.05, 0.1) is 31.4 Å². The maximum Gasteiger partial charge on any atom is 0.354 e. The average Bonchev–Trinajstić information content (AvgIpc) is 3.53. The molecule has 2 aliphatic heterocycles. The average molecular weight is 590 g/mol. The van der Waals surface area contributed by atoms with Crippen molar-refractivity contribution in [2.75, 3.05) is 19.7 Å². The summed E-state index contributed by atoms with van der Waals surface area (Å²) in [5.41, 5.74) is 3.41. The zero-order valence-corrected chi connectivity index (χ0v) is 23.5. The summed E-state index contributed by atoms with van der Waals surface area (Å²) in [4.78, 5) is 28.0. The van der Waals surface area contributed by atoms with Crippen LogP contribution in [0.15, 0.2) is 48.7 Å². The number of hydrogen-bond donors (Lipinski definition) is 1. The van der Waals surface area contributed by atoms with E-state index in [0.29, 0.717) is 41.3 Å². The highest BCUT2D eigenvalue weighted by Crippen LogP contribution is 2.28. The van der Waals surface area contributed by atoms with Gasteiger partial charge in [0.1, 0.15) is 17.2 Å². The molecule has 1 aromatic carbocycles. The summed E-state index contributed by atoms with van der Waals surface area (Å²) in [6, 6.07) is 12.0. The highest BCUT2D eigenvalue weighted by atomic mass is 35.5. The van der Waals surface area contributed by atoms with Crippen molar-refractivity contribution in [3.8, 4) is 0 Å². The molecular formula is C30H29ClFN7O3. The molecule has 216 valence electrons. The first kappa shape index (κ1) is 26.9. The maximum atomic E-state index is 14.4. The molecule has 42 heavy (non-hydrogen) atoms. The highest BCUT2D eigenvalue weighted by Gasteiger charge is 2.27. The number of likely N-dealkylation sites (tertiary alicyclic amines) is 1.